The fourth-order valence-electron chi connectivity index (χ4n) is 2.51. The molecule has 2 rings (SSSR count). The van der Waals surface area contributed by atoms with Crippen LogP contribution in [0.1, 0.15) is 26.3 Å². The predicted octanol–water partition coefficient (Wildman–Crippen LogP) is 2.84. The Kier molecular flexibility index (Phi) is 7.56. The summed E-state index contributed by atoms with van der Waals surface area (Å²) in [5.41, 5.74) is 0.686. The van der Waals surface area contributed by atoms with Crippen molar-refractivity contribution in [3.63, 3.8) is 0 Å². The van der Waals surface area contributed by atoms with Crippen LogP contribution in [-0.2, 0) is 4.79 Å². The van der Waals surface area contributed by atoms with Crippen molar-refractivity contribution in [2.24, 2.45) is 0 Å². The van der Waals surface area contributed by atoms with Crippen LogP contribution in [0.2, 0.25) is 0 Å². The van der Waals surface area contributed by atoms with Crippen LogP contribution in [0, 0.1) is 12.7 Å². The van der Waals surface area contributed by atoms with Crippen molar-refractivity contribution in [2.45, 2.75) is 13.1 Å². The molecule has 31 heavy (non-hydrogen) atoms. The normalized spacial score (nSPS) is 10.9. The third-order valence-corrected chi connectivity index (χ3v) is 4.15. The smallest absolute Gasteiger partial charge is 0.376 e. The Bertz CT molecular complexity index is 976. The molecule has 3 amide bonds. The first-order valence-corrected chi connectivity index (χ1v) is 9.01. The molecule has 0 aliphatic heterocycles. The lowest BCUT2D eigenvalue weighted by molar-refractivity contribution is -0.123. The third-order valence-electron chi connectivity index (χ3n) is 4.15. The first-order valence-electron chi connectivity index (χ1n) is 9.01. The highest BCUT2D eigenvalue weighted by atomic mass is 19.4. The summed E-state index contributed by atoms with van der Waals surface area (Å²) in [6, 6.07) is 8.07. The second-order valence-electron chi connectivity index (χ2n) is 6.49. The molecule has 0 aromatic heterocycles. The summed E-state index contributed by atoms with van der Waals surface area (Å²) < 4.78 is 50.9. The van der Waals surface area contributed by atoms with Crippen molar-refractivity contribution in [1.29, 1.82) is 0 Å². The van der Waals surface area contributed by atoms with Crippen LogP contribution in [0.3, 0.4) is 0 Å². The fraction of sp³-hybridized carbons (Fsp3) is 0.250. The van der Waals surface area contributed by atoms with E-state index in [1.165, 1.54) is 38.2 Å². The van der Waals surface area contributed by atoms with Gasteiger partial charge in [-0.3, -0.25) is 14.4 Å². The molecule has 0 fully saturated rings. The molecule has 2 aromatic rings. The Morgan fingerprint density at radius 1 is 0.968 bits per heavy atom. The van der Waals surface area contributed by atoms with Gasteiger partial charge in [0, 0.05) is 35.1 Å². The summed E-state index contributed by atoms with van der Waals surface area (Å²) >= 11 is 0. The number of nitrogens with one attached hydrogen (secondary N) is 4. The Balaban J connectivity index is 2.02. The number of anilines is 2. The molecule has 166 valence electrons. The first kappa shape index (κ1) is 23.6. The van der Waals surface area contributed by atoms with Gasteiger partial charge in [0.25, 0.3) is 11.8 Å². The van der Waals surface area contributed by atoms with Crippen LogP contribution in [-0.4, -0.2) is 44.0 Å². The number of carbonyl (C=O) groups is 3. The van der Waals surface area contributed by atoms with E-state index in [2.05, 4.69) is 16.0 Å². The number of rotatable bonds is 7. The van der Waals surface area contributed by atoms with Gasteiger partial charge in [-0.15, -0.1) is 0 Å². The standard InChI is InChI=1S/C20H20F4N4O3/c1-11-15(21)7-13(19(31)27-10-20(22,23)24)8-16(11)26-9-17(29)28-14-5-3-12(4-6-14)18(30)25-2/h3-8,26H,9-10H2,1-2H3,(H,25,30)(H,27,31)(H,28,29). The Labute approximate surface area is 175 Å². The maximum atomic E-state index is 14.1. The van der Waals surface area contributed by atoms with Crippen molar-refractivity contribution >= 4 is 29.1 Å². The third kappa shape index (κ3) is 6.98. The zero-order chi connectivity index (χ0) is 23.2. The molecular formula is C20H20F4N4O3. The monoisotopic (exact) mass is 440 g/mol. The molecule has 4 N–H and O–H groups in total. The van der Waals surface area contributed by atoms with Crippen LogP contribution in [0.4, 0.5) is 28.9 Å². The largest absolute Gasteiger partial charge is 0.405 e. The van der Waals surface area contributed by atoms with E-state index in [1.807, 2.05) is 0 Å². The highest BCUT2D eigenvalue weighted by Crippen LogP contribution is 2.21. The topological polar surface area (TPSA) is 99.3 Å². The highest BCUT2D eigenvalue weighted by molar-refractivity contribution is 5.97. The minimum absolute atomic E-state index is 0.0854. The van der Waals surface area contributed by atoms with E-state index in [0.29, 0.717) is 11.3 Å². The van der Waals surface area contributed by atoms with E-state index < -0.39 is 30.4 Å². The van der Waals surface area contributed by atoms with E-state index in [4.69, 9.17) is 0 Å². The first-order chi connectivity index (χ1) is 14.5. The van der Waals surface area contributed by atoms with Crippen molar-refractivity contribution in [3.05, 3.63) is 58.9 Å². The summed E-state index contributed by atoms with van der Waals surface area (Å²) in [6.07, 6.45) is -4.60. The molecule has 7 nitrogen and oxygen atoms in total. The summed E-state index contributed by atoms with van der Waals surface area (Å²) in [6.45, 7) is -0.458. The van der Waals surface area contributed by atoms with Crippen LogP contribution in [0.15, 0.2) is 36.4 Å². The Morgan fingerprint density at radius 3 is 2.19 bits per heavy atom. The van der Waals surface area contributed by atoms with Gasteiger partial charge in [0.05, 0.1) is 6.54 Å². The number of hydrogen-bond acceptors (Lipinski definition) is 4. The summed E-state index contributed by atoms with van der Waals surface area (Å²) in [4.78, 5) is 35.5. The molecule has 11 heteroatoms. The molecule has 0 bridgehead atoms. The lowest BCUT2D eigenvalue weighted by Crippen LogP contribution is -2.33. The van der Waals surface area contributed by atoms with Gasteiger partial charge in [-0.2, -0.15) is 13.2 Å². The molecule has 0 aliphatic carbocycles. The predicted molar refractivity (Wildman–Crippen MR) is 106 cm³/mol. The molecule has 2 aromatic carbocycles. The minimum atomic E-state index is -4.60. The van der Waals surface area contributed by atoms with Crippen molar-refractivity contribution < 1.29 is 31.9 Å². The Hall–Kier alpha value is -3.63. The summed E-state index contributed by atoms with van der Waals surface area (Å²) in [5, 5.41) is 9.36. The average Bonchev–Trinajstić information content (AvgIpc) is 2.72. The molecule has 0 heterocycles. The van der Waals surface area contributed by atoms with E-state index in [-0.39, 0.29) is 29.3 Å². The molecule has 0 atom stereocenters. The summed E-state index contributed by atoms with van der Waals surface area (Å²) in [7, 11) is 1.49. The summed E-state index contributed by atoms with van der Waals surface area (Å²) in [5.74, 6) is -2.69. The van der Waals surface area contributed by atoms with Gasteiger partial charge in [0.15, 0.2) is 0 Å². The van der Waals surface area contributed by atoms with Crippen molar-refractivity contribution in [1.82, 2.24) is 10.6 Å². The van der Waals surface area contributed by atoms with Crippen LogP contribution < -0.4 is 21.3 Å². The van der Waals surface area contributed by atoms with E-state index >= 15 is 0 Å². The molecule has 0 saturated heterocycles. The zero-order valence-electron chi connectivity index (χ0n) is 16.6. The number of hydrogen-bond donors (Lipinski definition) is 4. The SMILES string of the molecule is CNC(=O)c1ccc(NC(=O)CNc2cc(C(=O)NCC(F)(F)F)cc(F)c2C)cc1. The number of amides is 3. The average molecular weight is 440 g/mol. The van der Waals surface area contributed by atoms with Crippen LogP contribution in [0.25, 0.3) is 0 Å². The maximum Gasteiger partial charge on any atom is 0.405 e. The van der Waals surface area contributed by atoms with Gasteiger partial charge >= 0.3 is 6.18 Å². The highest BCUT2D eigenvalue weighted by Gasteiger charge is 2.28. The molecule has 0 spiro atoms. The number of halogens is 4. The lowest BCUT2D eigenvalue weighted by Gasteiger charge is -2.14. The fourth-order valence-corrected chi connectivity index (χ4v) is 2.51. The molecule has 0 saturated carbocycles. The van der Waals surface area contributed by atoms with Gasteiger partial charge in [-0.05, 0) is 43.3 Å². The maximum absolute atomic E-state index is 14.1. The van der Waals surface area contributed by atoms with Gasteiger partial charge in [-0.1, -0.05) is 0 Å². The number of carbonyl (C=O) groups excluding carboxylic acids is 3. The number of benzene rings is 2. The van der Waals surface area contributed by atoms with E-state index in [1.54, 1.807) is 5.32 Å². The second kappa shape index (κ2) is 9.92. The van der Waals surface area contributed by atoms with Crippen molar-refractivity contribution in [2.75, 3.05) is 30.8 Å². The molecule has 0 unspecified atom stereocenters. The molecular weight excluding hydrogens is 420 g/mol. The zero-order valence-corrected chi connectivity index (χ0v) is 16.6. The lowest BCUT2D eigenvalue weighted by atomic mass is 10.1. The van der Waals surface area contributed by atoms with Gasteiger partial charge in [-0.25, -0.2) is 4.39 Å². The van der Waals surface area contributed by atoms with Gasteiger partial charge in [0.2, 0.25) is 5.91 Å². The van der Waals surface area contributed by atoms with E-state index in [0.717, 1.165) is 12.1 Å². The van der Waals surface area contributed by atoms with Crippen molar-refractivity contribution in [3.8, 4) is 0 Å². The minimum Gasteiger partial charge on any atom is -0.376 e. The van der Waals surface area contributed by atoms with E-state index in [9.17, 15) is 31.9 Å². The second-order valence-corrected chi connectivity index (χ2v) is 6.49. The van der Waals surface area contributed by atoms with Crippen LogP contribution in [0.5, 0.6) is 0 Å². The van der Waals surface area contributed by atoms with Gasteiger partial charge < -0.3 is 21.3 Å². The quantitative estimate of drug-likeness (QED) is 0.498. The van der Waals surface area contributed by atoms with Crippen LogP contribution >= 0.6 is 0 Å². The van der Waals surface area contributed by atoms with Gasteiger partial charge in [0.1, 0.15) is 12.4 Å². The Morgan fingerprint density at radius 2 is 1.61 bits per heavy atom. The number of alkyl halides is 3. The molecule has 0 radical (unpaired) electrons. The molecule has 0 aliphatic rings.